The fourth-order valence-electron chi connectivity index (χ4n) is 2.86. The quantitative estimate of drug-likeness (QED) is 0.885. The highest BCUT2D eigenvalue weighted by Gasteiger charge is 2.23. The predicted octanol–water partition coefficient (Wildman–Crippen LogP) is 3.34. The molecule has 1 unspecified atom stereocenters. The Morgan fingerprint density at radius 3 is 2.84 bits per heavy atom. The van der Waals surface area contributed by atoms with Crippen molar-refractivity contribution < 1.29 is 17.6 Å². The average Bonchev–Trinajstić information content (AvgIpc) is 2.54. The Balaban J connectivity index is 1.80. The summed E-state index contributed by atoms with van der Waals surface area (Å²) in [5.74, 6) is 0.123. The molecule has 0 aromatic heterocycles. The first-order valence-corrected chi connectivity index (χ1v) is 10.9. The molecule has 0 bridgehead atoms. The van der Waals surface area contributed by atoms with E-state index in [0.29, 0.717) is 11.1 Å². The highest BCUT2D eigenvalue weighted by Crippen LogP contribution is 2.36. The second-order valence-electron chi connectivity index (χ2n) is 6.12. The van der Waals surface area contributed by atoms with Crippen LogP contribution in [-0.2, 0) is 15.6 Å². The van der Waals surface area contributed by atoms with Crippen LogP contribution in [0.4, 0.5) is 4.39 Å². The number of rotatable bonds is 4. The van der Waals surface area contributed by atoms with E-state index in [9.17, 15) is 17.6 Å². The second kappa shape index (κ2) is 7.17. The fourth-order valence-corrected chi connectivity index (χ4v) is 4.75. The van der Waals surface area contributed by atoms with E-state index in [1.54, 1.807) is 42.1 Å². The summed E-state index contributed by atoms with van der Waals surface area (Å²) in [4.78, 5) is 13.5. The smallest absolute Gasteiger partial charge is 0.251 e. The summed E-state index contributed by atoms with van der Waals surface area (Å²) in [7, 11) is -3.17. The van der Waals surface area contributed by atoms with Gasteiger partial charge in [0.15, 0.2) is 9.84 Å². The van der Waals surface area contributed by atoms with Crippen molar-refractivity contribution >= 4 is 27.5 Å². The lowest BCUT2D eigenvalue weighted by atomic mass is 10.0. The van der Waals surface area contributed by atoms with Gasteiger partial charge in [-0.05, 0) is 47.9 Å². The summed E-state index contributed by atoms with van der Waals surface area (Å²) >= 11 is 1.65. The van der Waals surface area contributed by atoms with Crippen molar-refractivity contribution in [2.75, 3.05) is 12.0 Å². The van der Waals surface area contributed by atoms with Crippen LogP contribution in [0.5, 0.6) is 0 Å². The maximum atomic E-state index is 13.6. The molecule has 0 saturated heterocycles. The molecule has 2 aromatic rings. The van der Waals surface area contributed by atoms with Crippen LogP contribution in [0.15, 0.2) is 47.4 Å². The summed E-state index contributed by atoms with van der Waals surface area (Å²) in [5.41, 5.74) is 1.76. The maximum Gasteiger partial charge on any atom is 0.251 e. The number of hydrogen-bond acceptors (Lipinski definition) is 4. The number of thioether (sulfide) groups is 1. The Bertz CT molecular complexity index is 912. The minimum Gasteiger partial charge on any atom is -0.345 e. The van der Waals surface area contributed by atoms with Gasteiger partial charge in [0.2, 0.25) is 0 Å². The highest BCUT2D eigenvalue weighted by atomic mass is 32.2. The summed E-state index contributed by atoms with van der Waals surface area (Å²) in [6.45, 7) is 0. The Morgan fingerprint density at radius 2 is 2.08 bits per heavy atom. The molecule has 4 nitrogen and oxygen atoms in total. The number of sulfone groups is 1. The minimum atomic E-state index is -3.17. The van der Waals surface area contributed by atoms with Gasteiger partial charge in [-0.1, -0.05) is 12.1 Å². The summed E-state index contributed by atoms with van der Waals surface area (Å²) in [6.07, 6.45) is 1.88. The van der Waals surface area contributed by atoms with Gasteiger partial charge in [0.1, 0.15) is 5.82 Å². The third-order valence-electron chi connectivity index (χ3n) is 3.93. The highest BCUT2D eigenvalue weighted by molar-refractivity contribution is 7.99. The van der Waals surface area contributed by atoms with E-state index in [2.05, 4.69) is 5.32 Å². The minimum absolute atomic E-state index is 0.109. The van der Waals surface area contributed by atoms with Crippen molar-refractivity contribution in [2.24, 2.45) is 0 Å². The van der Waals surface area contributed by atoms with Gasteiger partial charge in [0.05, 0.1) is 11.8 Å². The van der Waals surface area contributed by atoms with Crippen LogP contribution < -0.4 is 5.32 Å². The summed E-state index contributed by atoms with van der Waals surface area (Å²) in [5, 5.41) is 2.94. The fraction of sp³-hybridized carbons (Fsp3) is 0.278. The van der Waals surface area contributed by atoms with Crippen molar-refractivity contribution in [1.82, 2.24) is 5.32 Å². The van der Waals surface area contributed by atoms with Crippen molar-refractivity contribution in [2.45, 2.75) is 23.1 Å². The third-order valence-corrected chi connectivity index (χ3v) is 5.92. The van der Waals surface area contributed by atoms with Crippen LogP contribution in [0.3, 0.4) is 0 Å². The van der Waals surface area contributed by atoms with E-state index in [-0.39, 0.29) is 23.5 Å². The number of nitrogens with one attached hydrogen (secondary N) is 1. The van der Waals surface area contributed by atoms with E-state index in [4.69, 9.17) is 0 Å². The molecule has 2 aromatic carbocycles. The maximum absolute atomic E-state index is 13.6. The zero-order chi connectivity index (χ0) is 18.0. The first-order chi connectivity index (χ1) is 11.8. The molecule has 0 fully saturated rings. The van der Waals surface area contributed by atoms with Crippen molar-refractivity contribution in [3.05, 3.63) is 65.0 Å². The first-order valence-electron chi connectivity index (χ1n) is 7.81. The molecule has 1 aliphatic heterocycles. The monoisotopic (exact) mass is 379 g/mol. The number of carbonyl (C=O) groups is 1. The molecule has 1 N–H and O–H groups in total. The van der Waals surface area contributed by atoms with Crippen molar-refractivity contribution in [1.29, 1.82) is 0 Å². The van der Waals surface area contributed by atoms with E-state index in [1.807, 2.05) is 0 Å². The van der Waals surface area contributed by atoms with Gasteiger partial charge in [0, 0.05) is 22.5 Å². The van der Waals surface area contributed by atoms with Gasteiger partial charge in [0.25, 0.3) is 5.91 Å². The van der Waals surface area contributed by atoms with Crippen LogP contribution in [0, 0.1) is 5.82 Å². The third kappa shape index (κ3) is 4.61. The van der Waals surface area contributed by atoms with Crippen molar-refractivity contribution in [3.63, 3.8) is 0 Å². The molecule has 25 heavy (non-hydrogen) atoms. The number of amides is 1. The lowest BCUT2D eigenvalue weighted by Crippen LogP contribution is -2.30. The van der Waals surface area contributed by atoms with Gasteiger partial charge in [-0.25, -0.2) is 12.8 Å². The molecule has 1 amide bonds. The Labute approximate surface area is 150 Å². The van der Waals surface area contributed by atoms with Gasteiger partial charge in [-0.3, -0.25) is 4.79 Å². The Hall–Kier alpha value is -1.86. The van der Waals surface area contributed by atoms with Crippen LogP contribution in [0.2, 0.25) is 0 Å². The van der Waals surface area contributed by atoms with E-state index < -0.39 is 9.84 Å². The number of halogens is 1. The average molecular weight is 379 g/mol. The molecule has 1 aliphatic rings. The summed E-state index contributed by atoms with van der Waals surface area (Å²) < 4.78 is 36.4. The second-order valence-corrected chi connectivity index (χ2v) is 9.39. The zero-order valence-corrected chi connectivity index (χ0v) is 15.3. The largest absolute Gasteiger partial charge is 0.345 e. The van der Waals surface area contributed by atoms with Gasteiger partial charge in [-0.2, -0.15) is 0 Å². The molecule has 0 radical (unpaired) electrons. The lowest BCUT2D eigenvalue weighted by molar-refractivity contribution is 0.0934. The van der Waals surface area contributed by atoms with Crippen LogP contribution >= 0.6 is 11.8 Å². The molecular weight excluding hydrogens is 361 g/mol. The Kier molecular flexibility index (Phi) is 5.15. The van der Waals surface area contributed by atoms with Crippen LogP contribution in [0.1, 0.15) is 33.9 Å². The summed E-state index contributed by atoms with van der Waals surface area (Å²) in [6, 6.07) is 10.9. The zero-order valence-electron chi connectivity index (χ0n) is 13.7. The number of fused-ring (bicyclic) bond motifs is 1. The van der Waals surface area contributed by atoms with Gasteiger partial charge >= 0.3 is 0 Å². The molecule has 1 heterocycles. The molecule has 7 heteroatoms. The topological polar surface area (TPSA) is 63.2 Å². The molecule has 3 rings (SSSR count). The molecule has 0 saturated carbocycles. The van der Waals surface area contributed by atoms with Gasteiger partial charge < -0.3 is 5.32 Å². The normalized spacial score (nSPS) is 17.0. The number of carbonyl (C=O) groups excluding carboxylic acids is 1. The van der Waals surface area contributed by atoms with Crippen LogP contribution in [0.25, 0.3) is 0 Å². The van der Waals surface area contributed by atoms with Crippen molar-refractivity contribution in [3.8, 4) is 0 Å². The van der Waals surface area contributed by atoms with E-state index in [0.717, 1.165) is 28.9 Å². The number of hydrogen-bond donors (Lipinski definition) is 1. The lowest BCUT2D eigenvalue weighted by Gasteiger charge is -2.26. The molecule has 132 valence electrons. The van der Waals surface area contributed by atoms with E-state index in [1.165, 1.54) is 12.1 Å². The van der Waals surface area contributed by atoms with E-state index >= 15 is 0 Å². The SMILES string of the molecule is CS(=O)(=O)Cc1cccc(C(=O)NC2CCSc3ccc(F)cc32)c1. The van der Waals surface area contributed by atoms with Gasteiger partial charge in [-0.15, -0.1) is 11.8 Å². The molecular formula is C18H18FNO3S2. The standard InChI is InChI=1S/C18H18FNO3S2/c1-25(22,23)11-12-3-2-4-13(9-12)18(21)20-16-7-8-24-17-6-5-14(19)10-15(16)17/h2-6,9-10,16H,7-8,11H2,1H3,(H,20,21). The molecule has 1 atom stereocenters. The predicted molar refractivity (Wildman–Crippen MR) is 96.9 cm³/mol. The Morgan fingerprint density at radius 1 is 1.28 bits per heavy atom. The molecule has 0 aliphatic carbocycles. The first kappa shape index (κ1) is 17.9. The molecule has 0 spiro atoms. The number of benzene rings is 2. The van der Waals surface area contributed by atoms with Crippen LogP contribution in [-0.4, -0.2) is 26.3 Å².